The number of hydrogen-bond donors (Lipinski definition) is 2. The highest BCUT2D eigenvalue weighted by Gasteiger charge is 2.14. The molecule has 0 aromatic heterocycles. The number of phenolic OH excluding ortho intramolecular Hbond substituents is 1. The molecule has 1 aromatic carbocycles. The first-order chi connectivity index (χ1) is 6.07. The van der Waals surface area contributed by atoms with Crippen LogP contribution in [0.3, 0.4) is 0 Å². The standard InChI is InChI=1S/C9H10BrFO2/c1-5(4-12)6-2-3-7(13)8(10)9(6)11/h2-3,5,12-13H,4H2,1H3. The molecular formula is C9H10BrFO2. The summed E-state index contributed by atoms with van der Waals surface area (Å²) >= 11 is 2.92. The van der Waals surface area contributed by atoms with E-state index in [2.05, 4.69) is 15.9 Å². The minimum Gasteiger partial charge on any atom is -0.507 e. The summed E-state index contributed by atoms with van der Waals surface area (Å²) in [5, 5.41) is 18.0. The molecule has 0 aliphatic carbocycles. The van der Waals surface area contributed by atoms with Gasteiger partial charge in [0.25, 0.3) is 0 Å². The molecular weight excluding hydrogens is 239 g/mol. The van der Waals surface area contributed by atoms with E-state index in [1.54, 1.807) is 6.92 Å². The topological polar surface area (TPSA) is 40.5 Å². The number of phenols is 1. The summed E-state index contributed by atoms with van der Waals surface area (Å²) in [6.45, 7) is 1.59. The molecule has 2 N–H and O–H groups in total. The number of aliphatic hydroxyl groups is 1. The van der Waals surface area contributed by atoms with Crippen molar-refractivity contribution in [1.82, 2.24) is 0 Å². The molecule has 0 spiro atoms. The van der Waals surface area contributed by atoms with Gasteiger partial charge in [-0.25, -0.2) is 4.39 Å². The Kier molecular flexibility index (Phi) is 3.27. The maximum Gasteiger partial charge on any atom is 0.144 e. The molecule has 1 atom stereocenters. The highest BCUT2D eigenvalue weighted by atomic mass is 79.9. The first-order valence-electron chi connectivity index (χ1n) is 3.85. The lowest BCUT2D eigenvalue weighted by molar-refractivity contribution is 0.270. The Morgan fingerprint density at radius 1 is 1.54 bits per heavy atom. The highest BCUT2D eigenvalue weighted by Crippen LogP contribution is 2.31. The van der Waals surface area contributed by atoms with Crippen molar-refractivity contribution in [3.8, 4) is 5.75 Å². The number of halogens is 2. The van der Waals surface area contributed by atoms with Crippen LogP contribution in [0.25, 0.3) is 0 Å². The Morgan fingerprint density at radius 3 is 2.69 bits per heavy atom. The molecule has 0 heterocycles. The van der Waals surface area contributed by atoms with E-state index in [4.69, 9.17) is 10.2 Å². The van der Waals surface area contributed by atoms with Gasteiger partial charge in [-0.15, -0.1) is 0 Å². The third-order valence-corrected chi connectivity index (χ3v) is 2.65. The summed E-state index contributed by atoms with van der Waals surface area (Å²) in [7, 11) is 0. The van der Waals surface area contributed by atoms with Gasteiger partial charge in [-0.1, -0.05) is 13.0 Å². The molecule has 0 saturated heterocycles. The van der Waals surface area contributed by atoms with Gasteiger partial charge in [0.05, 0.1) is 4.47 Å². The van der Waals surface area contributed by atoms with E-state index in [0.717, 1.165) is 0 Å². The van der Waals surface area contributed by atoms with Gasteiger partial charge in [-0.3, -0.25) is 0 Å². The van der Waals surface area contributed by atoms with E-state index in [-0.39, 0.29) is 22.7 Å². The van der Waals surface area contributed by atoms with E-state index >= 15 is 0 Å². The molecule has 4 heteroatoms. The lowest BCUT2D eigenvalue weighted by Gasteiger charge is -2.10. The monoisotopic (exact) mass is 248 g/mol. The molecule has 1 aromatic rings. The number of rotatable bonds is 2. The number of benzene rings is 1. The second-order valence-electron chi connectivity index (χ2n) is 2.89. The molecule has 2 nitrogen and oxygen atoms in total. The normalized spacial score (nSPS) is 12.9. The van der Waals surface area contributed by atoms with Crippen LogP contribution in [0.2, 0.25) is 0 Å². The van der Waals surface area contributed by atoms with Crippen LogP contribution in [0.4, 0.5) is 4.39 Å². The maximum absolute atomic E-state index is 13.4. The SMILES string of the molecule is CC(CO)c1ccc(O)c(Br)c1F. The van der Waals surface area contributed by atoms with Gasteiger partial charge in [-0.05, 0) is 27.6 Å². The van der Waals surface area contributed by atoms with Crippen LogP contribution in [0.5, 0.6) is 5.75 Å². The second kappa shape index (κ2) is 4.07. The smallest absolute Gasteiger partial charge is 0.144 e. The van der Waals surface area contributed by atoms with Crippen LogP contribution in [-0.4, -0.2) is 16.8 Å². The second-order valence-corrected chi connectivity index (χ2v) is 3.68. The molecule has 1 rings (SSSR count). The summed E-state index contributed by atoms with van der Waals surface area (Å²) < 4.78 is 13.4. The third-order valence-electron chi connectivity index (χ3n) is 1.90. The Balaban J connectivity index is 3.18. The first kappa shape index (κ1) is 10.5. The Morgan fingerprint density at radius 2 is 2.15 bits per heavy atom. The van der Waals surface area contributed by atoms with Crippen molar-refractivity contribution >= 4 is 15.9 Å². The van der Waals surface area contributed by atoms with E-state index in [0.29, 0.717) is 5.56 Å². The Labute approximate surface area is 84.1 Å². The van der Waals surface area contributed by atoms with Crippen LogP contribution in [0.1, 0.15) is 18.4 Å². The fourth-order valence-corrected chi connectivity index (χ4v) is 1.39. The van der Waals surface area contributed by atoms with Gasteiger partial charge in [0.2, 0.25) is 0 Å². The minimum absolute atomic E-state index is 0.0466. The van der Waals surface area contributed by atoms with Crippen LogP contribution in [0.15, 0.2) is 16.6 Å². The summed E-state index contributed by atoms with van der Waals surface area (Å²) in [4.78, 5) is 0. The summed E-state index contributed by atoms with van der Waals surface area (Å²) in [5.74, 6) is -0.912. The van der Waals surface area contributed by atoms with Crippen LogP contribution < -0.4 is 0 Å². The van der Waals surface area contributed by atoms with E-state index in [1.165, 1.54) is 12.1 Å². The zero-order valence-corrected chi connectivity index (χ0v) is 8.68. The van der Waals surface area contributed by atoms with Crippen molar-refractivity contribution in [3.05, 3.63) is 28.0 Å². The lowest BCUT2D eigenvalue weighted by Crippen LogP contribution is -2.02. The largest absolute Gasteiger partial charge is 0.507 e. The van der Waals surface area contributed by atoms with E-state index in [1.807, 2.05) is 0 Å². The van der Waals surface area contributed by atoms with Crippen molar-refractivity contribution in [2.24, 2.45) is 0 Å². The number of aromatic hydroxyl groups is 1. The molecule has 0 saturated carbocycles. The predicted molar refractivity (Wildman–Crippen MR) is 51.3 cm³/mol. The van der Waals surface area contributed by atoms with Crippen molar-refractivity contribution < 1.29 is 14.6 Å². The zero-order chi connectivity index (χ0) is 10.0. The highest BCUT2D eigenvalue weighted by molar-refractivity contribution is 9.10. The molecule has 0 aliphatic rings. The van der Waals surface area contributed by atoms with Crippen LogP contribution >= 0.6 is 15.9 Å². The Bertz CT molecular complexity index is 315. The van der Waals surface area contributed by atoms with E-state index < -0.39 is 5.82 Å². The Hall–Kier alpha value is -0.610. The quantitative estimate of drug-likeness (QED) is 0.844. The molecule has 13 heavy (non-hydrogen) atoms. The number of hydrogen-bond acceptors (Lipinski definition) is 2. The van der Waals surface area contributed by atoms with E-state index in [9.17, 15) is 4.39 Å². The molecule has 0 radical (unpaired) electrons. The first-order valence-corrected chi connectivity index (χ1v) is 4.65. The molecule has 0 bridgehead atoms. The average Bonchev–Trinajstić information content (AvgIpc) is 2.13. The maximum atomic E-state index is 13.4. The van der Waals surface area contributed by atoms with Gasteiger partial charge < -0.3 is 10.2 Å². The predicted octanol–water partition coefficient (Wildman–Crippen LogP) is 2.39. The van der Waals surface area contributed by atoms with Gasteiger partial charge in [0.1, 0.15) is 11.6 Å². The van der Waals surface area contributed by atoms with Gasteiger partial charge in [-0.2, -0.15) is 0 Å². The molecule has 1 unspecified atom stereocenters. The van der Waals surface area contributed by atoms with Gasteiger partial charge in [0, 0.05) is 12.5 Å². The lowest BCUT2D eigenvalue weighted by atomic mass is 10.0. The van der Waals surface area contributed by atoms with Gasteiger partial charge in [0.15, 0.2) is 0 Å². The molecule has 0 fully saturated rings. The van der Waals surface area contributed by atoms with Crippen molar-refractivity contribution in [1.29, 1.82) is 0 Å². The fourth-order valence-electron chi connectivity index (χ4n) is 1.03. The van der Waals surface area contributed by atoms with Crippen molar-refractivity contribution in [3.63, 3.8) is 0 Å². The van der Waals surface area contributed by atoms with Crippen LogP contribution in [0, 0.1) is 5.82 Å². The van der Waals surface area contributed by atoms with Crippen LogP contribution in [-0.2, 0) is 0 Å². The summed E-state index contributed by atoms with van der Waals surface area (Å²) in [5.41, 5.74) is 0.396. The molecule has 72 valence electrons. The number of aliphatic hydroxyl groups excluding tert-OH is 1. The minimum atomic E-state index is -0.512. The third kappa shape index (κ3) is 2.00. The molecule has 0 amide bonds. The molecule has 0 aliphatic heterocycles. The summed E-state index contributed by atoms with van der Waals surface area (Å²) in [6.07, 6.45) is 0. The fraction of sp³-hybridized carbons (Fsp3) is 0.333. The van der Waals surface area contributed by atoms with Gasteiger partial charge >= 0.3 is 0 Å². The van der Waals surface area contributed by atoms with Crippen molar-refractivity contribution in [2.45, 2.75) is 12.8 Å². The average molecular weight is 249 g/mol. The van der Waals surface area contributed by atoms with Crippen molar-refractivity contribution in [2.75, 3.05) is 6.61 Å². The summed E-state index contributed by atoms with van der Waals surface area (Å²) in [6, 6.07) is 2.87. The zero-order valence-electron chi connectivity index (χ0n) is 7.09.